The fourth-order valence-electron chi connectivity index (χ4n) is 3.67. The number of amides is 1. The first-order valence-electron chi connectivity index (χ1n) is 9.68. The normalized spacial score (nSPS) is 17.6. The minimum Gasteiger partial charge on any atom is -0.297 e. The third-order valence-corrected chi connectivity index (χ3v) is 5.83. The van der Waals surface area contributed by atoms with Gasteiger partial charge in [-0.2, -0.15) is 5.10 Å². The van der Waals surface area contributed by atoms with Gasteiger partial charge in [-0.15, -0.1) is 11.3 Å². The lowest BCUT2D eigenvalue weighted by atomic mass is 10.0. The second-order valence-electron chi connectivity index (χ2n) is 7.50. The van der Waals surface area contributed by atoms with Crippen LogP contribution in [0.5, 0.6) is 0 Å². The number of carbonyl (C=O) groups excluding carboxylic acids is 1. The Morgan fingerprint density at radius 2 is 2.14 bits per heavy atom. The van der Waals surface area contributed by atoms with Crippen molar-refractivity contribution in [3.63, 3.8) is 0 Å². The fraction of sp³-hybridized carbons (Fsp3) is 0.381. The number of hydrogen-bond donors (Lipinski definition) is 1. The van der Waals surface area contributed by atoms with Gasteiger partial charge in [-0.1, -0.05) is 25.1 Å². The Hall–Kier alpha value is -2.51. The van der Waals surface area contributed by atoms with Gasteiger partial charge < -0.3 is 0 Å². The highest BCUT2D eigenvalue weighted by Crippen LogP contribution is 2.21. The third kappa shape index (κ3) is 4.31. The average molecular weight is 396 g/mol. The minimum atomic E-state index is -0.231. The molecule has 6 nitrogen and oxygen atoms in total. The number of likely N-dealkylation sites (tertiary alicyclic amines) is 1. The van der Waals surface area contributed by atoms with E-state index >= 15 is 0 Å². The highest BCUT2D eigenvalue weighted by atomic mass is 32.1. The van der Waals surface area contributed by atoms with Gasteiger partial charge in [-0.3, -0.25) is 15.0 Å². The van der Waals surface area contributed by atoms with Crippen LogP contribution in [0.4, 0.5) is 5.13 Å². The van der Waals surface area contributed by atoms with Crippen LogP contribution in [0.1, 0.15) is 41.6 Å². The quantitative estimate of drug-likeness (QED) is 0.706. The number of aromatic nitrogens is 3. The number of nitrogens with one attached hydrogen (secondary N) is 1. The SMILES string of the molecule is Cc1cc(C(=O)Nc2nc(CN3CCCC(C)C3)cs2)nn1-c1ccccc1. The summed E-state index contributed by atoms with van der Waals surface area (Å²) in [5, 5.41) is 10.0. The van der Waals surface area contributed by atoms with E-state index in [0.29, 0.717) is 10.8 Å². The van der Waals surface area contributed by atoms with Crippen molar-refractivity contribution in [2.45, 2.75) is 33.2 Å². The molecule has 1 fully saturated rings. The largest absolute Gasteiger partial charge is 0.297 e. The molecule has 1 N–H and O–H groups in total. The topological polar surface area (TPSA) is 63.1 Å². The Morgan fingerprint density at radius 3 is 2.93 bits per heavy atom. The number of thiazole rings is 1. The molecule has 1 aliphatic heterocycles. The van der Waals surface area contributed by atoms with E-state index in [-0.39, 0.29) is 5.91 Å². The van der Waals surface area contributed by atoms with E-state index in [9.17, 15) is 4.79 Å². The summed E-state index contributed by atoms with van der Waals surface area (Å²) in [5.74, 6) is 0.514. The summed E-state index contributed by atoms with van der Waals surface area (Å²) in [6.07, 6.45) is 2.56. The van der Waals surface area contributed by atoms with Gasteiger partial charge in [0, 0.05) is 24.2 Å². The number of piperidine rings is 1. The first-order valence-corrected chi connectivity index (χ1v) is 10.6. The Kier molecular flexibility index (Phi) is 5.54. The maximum atomic E-state index is 12.6. The second-order valence-corrected chi connectivity index (χ2v) is 8.36. The molecule has 0 bridgehead atoms. The first kappa shape index (κ1) is 18.8. The van der Waals surface area contributed by atoms with Crippen LogP contribution in [0.2, 0.25) is 0 Å². The molecular formula is C21H25N5OS. The zero-order valence-corrected chi connectivity index (χ0v) is 17.1. The summed E-state index contributed by atoms with van der Waals surface area (Å²) in [5.41, 5.74) is 3.25. The average Bonchev–Trinajstić information content (AvgIpc) is 3.29. The Labute approximate surface area is 169 Å². The van der Waals surface area contributed by atoms with Crippen molar-refractivity contribution in [3.8, 4) is 5.69 Å². The van der Waals surface area contributed by atoms with Crippen LogP contribution in [0.25, 0.3) is 5.69 Å². The molecule has 2 aromatic heterocycles. The molecule has 1 unspecified atom stereocenters. The van der Waals surface area contributed by atoms with Gasteiger partial charge in [0.1, 0.15) is 0 Å². The Balaban J connectivity index is 1.41. The molecule has 4 rings (SSSR count). The highest BCUT2D eigenvalue weighted by Gasteiger charge is 2.18. The number of rotatable bonds is 5. The van der Waals surface area contributed by atoms with E-state index in [1.54, 1.807) is 10.7 Å². The molecule has 0 aliphatic carbocycles. The number of para-hydroxylation sites is 1. The van der Waals surface area contributed by atoms with Crippen LogP contribution < -0.4 is 5.32 Å². The van der Waals surface area contributed by atoms with Crippen molar-refractivity contribution in [2.24, 2.45) is 5.92 Å². The van der Waals surface area contributed by atoms with Gasteiger partial charge in [0.25, 0.3) is 5.91 Å². The number of carbonyl (C=O) groups is 1. The van der Waals surface area contributed by atoms with Crippen LogP contribution in [-0.2, 0) is 6.54 Å². The molecule has 7 heteroatoms. The molecule has 1 atom stereocenters. The summed E-state index contributed by atoms with van der Waals surface area (Å²) in [7, 11) is 0. The predicted molar refractivity (Wildman–Crippen MR) is 112 cm³/mol. The van der Waals surface area contributed by atoms with E-state index in [4.69, 9.17) is 0 Å². The third-order valence-electron chi connectivity index (χ3n) is 5.02. The van der Waals surface area contributed by atoms with E-state index in [0.717, 1.165) is 42.6 Å². The molecule has 0 saturated carbocycles. The zero-order chi connectivity index (χ0) is 19.5. The van der Waals surface area contributed by atoms with Gasteiger partial charge >= 0.3 is 0 Å². The van der Waals surface area contributed by atoms with Gasteiger partial charge in [0.05, 0.1) is 11.4 Å². The number of hydrogen-bond acceptors (Lipinski definition) is 5. The van der Waals surface area contributed by atoms with Crippen molar-refractivity contribution in [3.05, 3.63) is 58.9 Å². The molecule has 0 spiro atoms. The fourth-order valence-corrected chi connectivity index (χ4v) is 4.37. The van der Waals surface area contributed by atoms with Gasteiger partial charge in [0.2, 0.25) is 0 Å². The van der Waals surface area contributed by atoms with Gasteiger partial charge in [-0.05, 0) is 50.4 Å². The maximum Gasteiger partial charge on any atom is 0.277 e. The smallest absolute Gasteiger partial charge is 0.277 e. The number of anilines is 1. The lowest BCUT2D eigenvalue weighted by molar-refractivity contribution is 0.102. The maximum absolute atomic E-state index is 12.6. The lowest BCUT2D eigenvalue weighted by Crippen LogP contribution is -2.33. The van der Waals surface area contributed by atoms with Crippen LogP contribution in [0.15, 0.2) is 41.8 Å². The zero-order valence-electron chi connectivity index (χ0n) is 16.3. The molecule has 28 heavy (non-hydrogen) atoms. The highest BCUT2D eigenvalue weighted by molar-refractivity contribution is 7.13. The standard InChI is InChI=1S/C21H25N5OS/c1-15-7-6-10-25(12-15)13-17-14-28-21(22-17)23-20(27)19-11-16(2)26(24-19)18-8-4-3-5-9-18/h3-5,8-9,11,14-15H,6-7,10,12-13H2,1-2H3,(H,22,23,27). The van der Waals surface area contributed by atoms with Crippen LogP contribution >= 0.6 is 11.3 Å². The summed E-state index contributed by atoms with van der Waals surface area (Å²) in [4.78, 5) is 19.7. The summed E-state index contributed by atoms with van der Waals surface area (Å²) >= 11 is 1.46. The molecule has 1 amide bonds. The van der Waals surface area contributed by atoms with Crippen molar-refractivity contribution in [1.82, 2.24) is 19.7 Å². The number of benzene rings is 1. The molecule has 1 aromatic carbocycles. The van der Waals surface area contributed by atoms with Crippen molar-refractivity contribution < 1.29 is 4.79 Å². The van der Waals surface area contributed by atoms with E-state index in [1.807, 2.05) is 42.6 Å². The summed E-state index contributed by atoms with van der Waals surface area (Å²) in [6.45, 7) is 7.33. The van der Waals surface area contributed by atoms with Crippen molar-refractivity contribution >= 4 is 22.4 Å². The number of nitrogens with zero attached hydrogens (tertiary/aromatic N) is 4. The van der Waals surface area contributed by atoms with E-state index in [1.165, 1.54) is 24.2 Å². The first-order chi connectivity index (χ1) is 13.6. The Bertz CT molecular complexity index is 949. The molecule has 3 aromatic rings. The molecule has 146 valence electrons. The van der Waals surface area contributed by atoms with Crippen LogP contribution in [0.3, 0.4) is 0 Å². The predicted octanol–water partition coefficient (Wildman–Crippen LogP) is 4.12. The monoisotopic (exact) mass is 395 g/mol. The van der Waals surface area contributed by atoms with Crippen LogP contribution in [-0.4, -0.2) is 38.7 Å². The summed E-state index contributed by atoms with van der Waals surface area (Å²) < 4.78 is 1.78. The second kappa shape index (κ2) is 8.24. The van der Waals surface area contributed by atoms with E-state index < -0.39 is 0 Å². The summed E-state index contributed by atoms with van der Waals surface area (Å²) in [6, 6.07) is 11.6. The van der Waals surface area contributed by atoms with Crippen LogP contribution in [0, 0.1) is 12.8 Å². The lowest BCUT2D eigenvalue weighted by Gasteiger charge is -2.30. The van der Waals surface area contributed by atoms with Gasteiger partial charge in [-0.25, -0.2) is 9.67 Å². The van der Waals surface area contributed by atoms with Crippen molar-refractivity contribution in [2.75, 3.05) is 18.4 Å². The molecule has 1 saturated heterocycles. The molecule has 0 radical (unpaired) electrons. The molecular weight excluding hydrogens is 370 g/mol. The molecule has 1 aliphatic rings. The van der Waals surface area contributed by atoms with Gasteiger partial charge in [0.15, 0.2) is 10.8 Å². The number of aryl methyl sites for hydroxylation is 1. The van der Waals surface area contributed by atoms with Crippen molar-refractivity contribution in [1.29, 1.82) is 0 Å². The Morgan fingerprint density at radius 1 is 1.32 bits per heavy atom. The van der Waals surface area contributed by atoms with E-state index in [2.05, 4.69) is 27.2 Å². The molecule has 3 heterocycles. The minimum absolute atomic E-state index is 0.231.